The molecule has 0 aromatic heterocycles. The quantitative estimate of drug-likeness (QED) is 0.693. The third kappa shape index (κ3) is 1.61. The molecule has 23 heavy (non-hydrogen) atoms. The van der Waals surface area contributed by atoms with E-state index in [9.17, 15) is 10.5 Å². The fraction of sp³-hybridized carbons (Fsp3) is 0.824. The Morgan fingerprint density at radius 3 is 1.87 bits per heavy atom. The van der Waals surface area contributed by atoms with Crippen molar-refractivity contribution in [2.24, 2.45) is 27.0 Å². The molecule has 0 radical (unpaired) electrons. The number of nitrogens with zero attached hydrogens (tertiary/aromatic N) is 3. The van der Waals surface area contributed by atoms with Crippen LogP contribution in [0.1, 0.15) is 53.4 Å². The first-order chi connectivity index (χ1) is 11.0. The van der Waals surface area contributed by atoms with E-state index in [1.54, 1.807) is 0 Å². The summed E-state index contributed by atoms with van der Waals surface area (Å²) in [6.45, 7) is 8.42. The Hall–Kier alpha value is -1.63. The number of rotatable bonds is 8. The maximum atomic E-state index is 10.2. The minimum Gasteiger partial charge on any atom is -0.386 e. The van der Waals surface area contributed by atoms with Gasteiger partial charge in [0.2, 0.25) is 0 Å². The molecule has 2 atom stereocenters. The molecule has 1 fully saturated rings. The van der Waals surface area contributed by atoms with Crippen LogP contribution in [0.5, 0.6) is 0 Å². The van der Waals surface area contributed by atoms with E-state index in [0.717, 1.165) is 25.7 Å². The van der Waals surface area contributed by atoms with Crippen LogP contribution in [0.3, 0.4) is 0 Å². The molecule has 1 aliphatic carbocycles. The van der Waals surface area contributed by atoms with Gasteiger partial charge < -0.3 is 15.2 Å². The van der Waals surface area contributed by atoms with Crippen LogP contribution in [0.25, 0.3) is 0 Å². The summed E-state index contributed by atoms with van der Waals surface area (Å²) in [7, 11) is 0. The summed E-state index contributed by atoms with van der Waals surface area (Å²) in [5, 5.41) is 20.2. The van der Waals surface area contributed by atoms with Gasteiger partial charge in [-0.25, -0.2) is 4.99 Å². The first-order valence-corrected chi connectivity index (χ1v) is 8.45. The standard InChI is InChI=1S/C17H26N4O2/c1-5-9-14(10-6-2)15(11-18)13(20)21-17(22-7-3,23-8-4)16(14,15)12-19/h5-10H2,1-4H3,(H2,20,21)/t15-,16+/m1/s1. The van der Waals surface area contributed by atoms with Crippen LogP contribution < -0.4 is 5.73 Å². The Morgan fingerprint density at radius 2 is 1.52 bits per heavy atom. The maximum Gasteiger partial charge on any atom is 0.293 e. The average molecular weight is 318 g/mol. The summed E-state index contributed by atoms with van der Waals surface area (Å²) in [4.78, 5) is 4.38. The summed E-state index contributed by atoms with van der Waals surface area (Å²) in [6.07, 6.45) is 3.16. The van der Waals surface area contributed by atoms with Crippen LogP contribution >= 0.6 is 0 Å². The molecule has 2 N–H and O–H groups in total. The molecular weight excluding hydrogens is 292 g/mol. The fourth-order valence-electron chi connectivity index (χ4n) is 4.95. The topological polar surface area (TPSA) is 104 Å². The number of hydrogen-bond acceptors (Lipinski definition) is 6. The molecule has 0 amide bonds. The molecule has 0 aromatic rings. The molecule has 0 spiro atoms. The van der Waals surface area contributed by atoms with Crippen molar-refractivity contribution in [3.63, 3.8) is 0 Å². The lowest BCUT2D eigenvalue weighted by atomic mass is 9.81. The highest BCUT2D eigenvalue weighted by atomic mass is 16.7. The molecule has 1 heterocycles. The lowest BCUT2D eigenvalue weighted by molar-refractivity contribution is -0.261. The second-order valence-electron chi connectivity index (χ2n) is 6.25. The number of ether oxygens (including phenoxy) is 2. The van der Waals surface area contributed by atoms with E-state index in [-0.39, 0.29) is 5.84 Å². The van der Waals surface area contributed by atoms with Gasteiger partial charge in [0.25, 0.3) is 5.91 Å². The van der Waals surface area contributed by atoms with Crippen molar-refractivity contribution in [3.05, 3.63) is 0 Å². The molecule has 1 saturated carbocycles. The molecular formula is C17H26N4O2. The normalized spacial score (nSPS) is 32.5. The second-order valence-corrected chi connectivity index (χ2v) is 6.25. The highest BCUT2D eigenvalue weighted by molar-refractivity contribution is 6.00. The van der Waals surface area contributed by atoms with Gasteiger partial charge in [0.15, 0.2) is 5.41 Å². The van der Waals surface area contributed by atoms with Crippen LogP contribution in [-0.4, -0.2) is 25.0 Å². The average Bonchev–Trinajstić information content (AvgIpc) is 2.95. The summed E-state index contributed by atoms with van der Waals surface area (Å²) in [5.74, 6) is -1.29. The van der Waals surface area contributed by atoms with Crippen LogP contribution in [0.2, 0.25) is 0 Å². The molecule has 2 rings (SSSR count). The zero-order valence-electron chi connectivity index (χ0n) is 14.5. The fourth-order valence-corrected chi connectivity index (χ4v) is 4.95. The van der Waals surface area contributed by atoms with Gasteiger partial charge in [-0.15, -0.1) is 0 Å². The SMILES string of the molecule is CCCC1(CCC)[C@]2(C#N)C(OCC)(OCC)N=C(N)[C@]12C#N. The van der Waals surface area contributed by atoms with E-state index in [1.807, 2.05) is 13.8 Å². The van der Waals surface area contributed by atoms with E-state index in [4.69, 9.17) is 15.2 Å². The largest absolute Gasteiger partial charge is 0.386 e. The van der Waals surface area contributed by atoms with Crippen molar-refractivity contribution in [1.29, 1.82) is 10.5 Å². The van der Waals surface area contributed by atoms with E-state index in [2.05, 4.69) is 31.0 Å². The minimum absolute atomic E-state index is 0.186. The number of fused-ring (bicyclic) bond motifs is 1. The van der Waals surface area contributed by atoms with E-state index < -0.39 is 22.2 Å². The number of hydrogen-bond donors (Lipinski definition) is 1. The number of aliphatic imine (C=N–C) groups is 1. The van der Waals surface area contributed by atoms with Crippen LogP contribution in [0.4, 0.5) is 0 Å². The molecule has 126 valence electrons. The predicted molar refractivity (Wildman–Crippen MR) is 85.9 cm³/mol. The first kappa shape index (κ1) is 17.7. The summed E-state index contributed by atoms with van der Waals surface area (Å²) < 4.78 is 11.7. The molecule has 6 nitrogen and oxygen atoms in total. The smallest absolute Gasteiger partial charge is 0.293 e. The highest BCUT2D eigenvalue weighted by Gasteiger charge is 2.99. The van der Waals surface area contributed by atoms with E-state index >= 15 is 0 Å². The van der Waals surface area contributed by atoms with Gasteiger partial charge in [0.1, 0.15) is 11.3 Å². The van der Waals surface area contributed by atoms with Gasteiger partial charge in [-0.1, -0.05) is 26.7 Å². The van der Waals surface area contributed by atoms with Crippen LogP contribution in [0.15, 0.2) is 4.99 Å². The van der Waals surface area contributed by atoms with Crippen LogP contribution in [0, 0.1) is 38.9 Å². The molecule has 0 unspecified atom stereocenters. The van der Waals surface area contributed by atoms with Gasteiger partial charge in [-0.05, 0) is 26.7 Å². The third-order valence-electron chi connectivity index (χ3n) is 5.43. The molecule has 1 aliphatic heterocycles. The molecule has 6 heteroatoms. The zero-order chi connectivity index (χ0) is 17.4. The van der Waals surface area contributed by atoms with Gasteiger partial charge >= 0.3 is 0 Å². The molecule has 0 bridgehead atoms. The Kier molecular flexibility index (Phi) is 4.45. The number of amidine groups is 1. The molecule has 0 aromatic carbocycles. The van der Waals surface area contributed by atoms with Crippen molar-refractivity contribution in [2.45, 2.75) is 59.3 Å². The van der Waals surface area contributed by atoms with Crippen molar-refractivity contribution >= 4 is 5.84 Å². The highest BCUT2D eigenvalue weighted by Crippen LogP contribution is 2.88. The summed E-state index contributed by atoms with van der Waals surface area (Å²) in [5.41, 5.74) is 3.35. The predicted octanol–water partition coefficient (Wildman–Crippen LogP) is 2.70. The van der Waals surface area contributed by atoms with Gasteiger partial charge in [0, 0.05) is 18.6 Å². The van der Waals surface area contributed by atoms with Gasteiger partial charge in [-0.2, -0.15) is 10.5 Å². The Morgan fingerprint density at radius 1 is 1.00 bits per heavy atom. The Balaban J connectivity index is 2.73. The van der Waals surface area contributed by atoms with E-state index in [0.29, 0.717) is 13.2 Å². The number of nitriles is 2. The van der Waals surface area contributed by atoms with Crippen molar-refractivity contribution in [3.8, 4) is 12.1 Å². The monoisotopic (exact) mass is 318 g/mol. The number of nitrogens with two attached hydrogens (primary N) is 1. The van der Waals surface area contributed by atoms with E-state index in [1.165, 1.54) is 0 Å². The second kappa shape index (κ2) is 5.78. The Labute approximate surface area is 138 Å². The van der Waals surface area contributed by atoms with Crippen LogP contribution in [-0.2, 0) is 9.47 Å². The van der Waals surface area contributed by atoms with Crippen molar-refractivity contribution in [2.75, 3.05) is 13.2 Å². The van der Waals surface area contributed by atoms with Crippen molar-refractivity contribution < 1.29 is 9.47 Å². The lowest BCUT2D eigenvalue weighted by Gasteiger charge is -2.35. The minimum atomic E-state index is -1.48. The van der Waals surface area contributed by atoms with Crippen molar-refractivity contribution in [1.82, 2.24) is 0 Å². The zero-order valence-corrected chi connectivity index (χ0v) is 14.5. The lowest BCUT2D eigenvalue weighted by Crippen LogP contribution is -2.45. The summed E-state index contributed by atoms with van der Waals surface area (Å²) >= 11 is 0. The third-order valence-corrected chi connectivity index (χ3v) is 5.43. The van der Waals surface area contributed by atoms with Gasteiger partial charge in [0.05, 0.1) is 12.1 Å². The maximum absolute atomic E-state index is 10.2. The molecule has 2 aliphatic rings. The molecule has 0 saturated heterocycles. The Bertz CT molecular complexity index is 576. The summed E-state index contributed by atoms with van der Waals surface area (Å²) in [6, 6.07) is 4.74. The first-order valence-electron chi connectivity index (χ1n) is 8.45. The van der Waals surface area contributed by atoms with Gasteiger partial charge in [-0.3, -0.25) is 0 Å².